The van der Waals surface area contributed by atoms with Crippen molar-refractivity contribution >= 4 is 45.8 Å². The molecular formula is C13H8Cl3N3. The molecule has 0 aliphatic heterocycles. The molecule has 0 aliphatic carbocycles. The summed E-state index contributed by atoms with van der Waals surface area (Å²) in [4.78, 5) is 8.19. The number of nitrogens with zero attached hydrogens (tertiary/aromatic N) is 3. The van der Waals surface area contributed by atoms with E-state index < -0.39 is 0 Å². The zero-order valence-electron chi connectivity index (χ0n) is 9.65. The summed E-state index contributed by atoms with van der Waals surface area (Å²) in [6, 6.07) is 7.33. The largest absolute Gasteiger partial charge is 0.328 e. The van der Waals surface area contributed by atoms with Crippen molar-refractivity contribution in [3.63, 3.8) is 0 Å². The average molecular weight is 313 g/mol. The standard InChI is InChI=1S/C13H8Cl3N3/c14-10-2-1-3-11(15)9(10)6-19-5-4-8-12(16)17-7-18-13(8)19/h1-5,7H,6H2. The van der Waals surface area contributed by atoms with Crippen LogP contribution in [0.5, 0.6) is 0 Å². The molecule has 0 saturated heterocycles. The summed E-state index contributed by atoms with van der Waals surface area (Å²) >= 11 is 18.4. The minimum absolute atomic E-state index is 0.439. The van der Waals surface area contributed by atoms with E-state index in [9.17, 15) is 0 Å². The summed E-state index contributed by atoms with van der Waals surface area (Å²) in [5.74, 6) is 0. The molecule has 3 aromatic rings. The molecule has 1 aromatic carbocycles. The number of halogens is 3. The average Bonchev–Trinajstić information content (AvgIpc) is 2.79. The van der Waals surface area contributed by atoms with E-state index >= 15 is 0 Å². The van der Waals surface area contributed by atoms with Crippen LogP contribution in [0.3, 0.4) is 0 Å². The monoisotopic (exact) mass is 311 g/mol. The number of fused-ring (bicyclic) bond motifs is 1. The van der Waals surface area contributed by atoms with Crippen molar-refractivity contribution in [2.75, 3.05) is 0 Å². The van der Waals surface area contributed by atoms with Gasteiger partial charge in [-0.05, 0) is 18.2 Å². The normalized spacial score (nSPS) is 11.1. The minimum Gasteiger partial charge on any atom is -0.328 e. The molecule has 19 heavy (non-hydrogen) atoms. The van der Waals surface area contributed by atoms with Crippen molar-refractivity contribution in [3.8, 4) is 0 Å². The van der Waals surface area contributed by atoms with Gasteiger partial charge in [-0.2, -0.15) is 0 Å². The fraction of sp³-hybridized carbons (Fsp3) is 0.0769. The van der Waals surface area contributed by atoms with Crippen LogP contribution >= 0.6 is 34.8 Å². The first-order valence-corrected chi connectivity index (χ1v) is 6.68. The van der Waals surface area contributed by atoms with Gasteiger partial charge in [-0.15, -0.1) is 0 Å². The Morgan fingerprint density at radius 2 is 1.74 bits per heavy atom. The number of rotatable bonds is 2. The van der Waals surface area contributed by atoms with Gasteiger partial charge in [-0.1, -0.05) is 40.9 Å². The van der Waals surface area contributed by atoms with Crippen LogP contribution in [0.4, 0.5) is 0 Å². The Morgan fingerprint density at radius 3 is 2.47 bits per heavy atom. The lowest BCUT2D eigenvalue weighted by atomic mass is 10.2. The first-order valence-electron chi connectivity index (χ1n) is 5.55. The van der Waals surface area contributed by atoms with Gasteiger partial charge in [0.2, 0.25) is 0 Å². The van der Waals surface area contributed by atoms with Crippen molar-refractivity contribution in [2.45, 2.75) is 6.54 Å². The molecule has 3 nitrogen and oxygen atoms in total. The van der Waals surface area contributed by atoms with Crippen molar-refractivity contribution < 1.29 is 0 Å². The fourth-order valence-electron chi connectivity index (χ4n) is 1.95. The first-order chi connectivity index (χ1) is 9.16. The Balaban J connectivity index is 2.09. The molecule has 0 spiro atoms. The minimum atomic E-state index is 0.439. The molecule has 0 radical (unpaired) electrons. The topological polar surface area (TPSA) is 30.7 Å². The molecule has 0 amide bonds. The van der Waals surface area contributed by atoms with E-state index in [0.29, 0.717) is 21.7 Å². The number of aromatic nitrogens is 3. The molecular weight excluding hydrogens is 305 g/mol. The first kappa shape index (κ1) is 12.7. The van der Waals surface area contributed by atoms with Gasteiger partial charge in [-0.25, -0.2) is 9.97 Å². The van der Waals surface area contributed by atoms with E-state index in [4.69, 9.17) is 34.8 Å². The van der Waals surface area contributed by atoms with E-state index in [1.165, 1.54) is 6.33 Å². The zero-order chi connectivity index (χ0) is 13.4. The molecule has 0 atom stereocenters. The predicted molar refractivity (Wildman–Crippen MR) is 78.1 cm³/mol. The summed E-state index contributed by atoms with van der Waals surface area (Å²) < 4.78 is 1.94. The van der Waals surface area contributed by atoms with Crippen LogP contribution in [0, 0.1) is 0 Å². The molecule has 96 valence electrons. The lowest BCUT2D eigenvalue weighted by Gasteiger charge is -2.09. The van der Waals surface area contributed by atoms with E-state index in [0.717, 1.165) is 16.6 Å². The second-order valence-electron chi connectivity index (χ2n) is 4.05. The number of hydrogen-bond donors (Lipinski definition) is 0. The maximum Gasteiger partial charge on any atom is 0.145 e. The third-order valence-corrected chi connectivity index (χ3v) is 3.91. The van der Waals surface area contributed by atoms with Gasteiger partial charge in [0.15, 0.2) is 0 Å². The summed E-state index contributed by atoms with van der Waals surface area (Å²) in [6.07, 6.45) is 3.33. The van der Waals surface area contributed by atoms with Crippen LogP contribution in [0.2, 0.25) is 15.2 Å². The highest BCUT2D eigenvalue weighted by Gasteiger charge is 2.10. The Kier molecular flexibility index (Phi) is 3.35. The lowest BCUT2D eigenvalue weighted by molar-refractivity contribution is 0.824. The van der Waals surface area contributed by atoms with E-state index in [1.807, 2.05) is 35.0 Å². The van der Waals surface area contributed by atoms with Crippen molar-refractivity contribution in [2.24, 2.45) is 0 Å². The van der Waals surface area contributed by atoms with Crippen LogP contribution in [-0.4, -0.2) is 14.5 Å². The van der Waals surface area contributed by atoms with Crippen molar-refractivity contribution in [1.82, 2.24) is 14.5 Å². The van der Waals surface area contributed by atoms with E-state index in [-0.39, 0.29) is 0 Å². The highest BCUT2D eigenvalue weighted by Crippen LogP contribution is 2.27. The van der Waals surface area contributed by atoms with Gasteiger partial charge < -0.3 is 4.57 Å². The van der Waals surface area contributed by atoms with Crippen molar-refractivity contribution in [1.29, 1.82) is 0 Å². The van der Waals surface area contributed by atoms with Crippen LogP contribution in [0.15, 0.2) is 36.8 Å². The Morgan fingerprint density at radius 1 is 1.00 bits per heavy atom. The maximum absolute atomic E-state index is 6.17. The predicted octanol–water partition coefficient (Wildman–Crippen LogP) is 4.44. The van der Waals surface area contributed by atoms with Gasteiger partial charge in [0.05, 0.1) is 11.9 Å². The van der Waals surface area contributed by atoms with Gasteiger partial charge in [-0.3, -0.25) is 0 Å². The molecule has 0 aliphatic rings. The third kappa shape index (κ3) is 2.29. The molecule has 2 aromatic heterocycles. The third-order valence-electron chi connectivity index (χ3n) is 2.90. The van der Waals surface area contributed by atoms with Gasteiger partial charge >= 0.3 is 0 Å². The maximum atomic E-state index is 6.17. The highest BCUT2D eigenvalue weighted by molar-refractivity contribution is 6.36. The second-order valence-corrected chi connectivity index (χ2v) is 5.22. The molecule has 0 unspecified atom stereocenters. The molecule has 3 rings (SSSR count). The number of benzene rings is 1. The summed E-state index contributed by atoms with van der Waals surface area (Å²) in [5.41, 5.74) is 1.62. The lowest BCUT2D eigenvalue weighted by Crippen LogP contribution is -2.01. The zero-order valence-corrected chi connectivity index (χ0v) is 11.9. The summed E-state index contributed by atoms with van der Waals surface area (Å²) in [7, 11) is 0. The molecule has 6 heteroatoms. The summed E-state index contributed by atoms with van der Waals surface area (Å²) in [6.45, 7) is 0.537. The smallest absolute Gasteiger partial charge is 0.145 e. The molecule has 0 bridgehead atoms. The second kappa shape index (κ2) is 5.00. The van der Waals surface area contributed by atoms with Crippen LogP contribution < -0.4 is 0 Å². The fourth-order valence-corrected chi connectivity index (χ4v) is 2.66. The molecule has 0 saturated carbocycles. The van der Waals surface area contributed by atoms with Crippen LogP contribution in [-0.2, 0) is 6.54 Å². The van der Waals surface area contributed by atoms with Gasteiger partial charge in [0, 0.05) is 21.8 Å². The Hall–Kier alpha value is -1.29. The molecule has 2 heterocycles. The van der Waals surface area contributed by atoms with Crippen LogP contribution in [0.1, 0.15) is 5.56 Å². The summed E-state index contributed by atoms with van der Waals surface area (Å²) in [5, 5.41) is 2.52. The van der Waals surface area contributed by atoms with E-state index in [1.54, 1.807) is 0 Å². The molecule has 0 fully saturated rings. The SMILES string of the molecule is Clc1cccc(Cl)c1Cn1ccc2c(Cl)ncnc21. The van der Waals surface area contributed by atoms with Gasteiger partial charge in [0.1, 0.15) is 17.1 Å². The quantitative estimate of drug-likeness (QED) is 0.655. The van der Waals surface area contributed by atoms with Crippen molar-refractivity contribution in [3.05, 3.63) is 57.6 Å². The van der Waals surface area contributed by atoms with Crippen LogP contribution in [0.25, 0.3) is 11.0 Å². The number of hydrogen-bond acceptors (Lipinski definition) is 2. The Bertz CT molecular complexity index is 732. The Labute approximate surface area is 124 Å². The highest BCUT2D eigenvalue weighted by atomic mass is 35.5. The van der Waals surface area contributed by atoms with Gasteiger partial charge in [0.25, 0.3) is 0 Å². The van der Waals surface area contributed by atoms with E-state index in [2.05, 4.69) is 9.97 Å². The molecule has 0 N–H and O–H groups in total.